The molecule has 0 spiro atoms. The maximum Gasteiger partial charge on any atom is 0.472 e. The zero-order valence-electron chi connectivity index (χ0n) is 53.5. The molecule has 17 nitrogen and oxygen atoms in total. The maximum absolute atomic E-state index is 13.0. The highest BCUT2D eigenvalue weighted by Gasteiger charge is 2.30. The Balaban J connectivity index is 5.22. The quantitative estimate of drug-likeness (QED) is 0.0222. The number of ether oxygens (including phenoxy) is 4. The zero-order chi connectivity index (χ0) is 61.5. The van der Waals surface area contributed by atoms with Crippen LogP contribution in [0.15, 0.2) is 0 Å². The molecule has 0 aromatic rings. The van der Waals surface area contributed by atoms with E-state index in [-0.39, 0.29) is 25.7 Å². The van der Waals surface area contributed by atoms with E-state index in [1.807, 2.05) is 0 Å². The summed E-state index contributed by atoms with van der Waals surface area (Å²) in [6.45, 7) is 9.36. The summed E-state index contributed by atoms with van der Waals surface area (Å²) in [4.78, 5) is 72.1. The van der Waals surface area contributed by atoms with Crippen LogP contribution in [0, 0.1) is 11.8 Å². The molecule has 0 aliphatic rings. The first-order valence-electron chi connectivity index (χ1n) is 33.5. The maximum atomic E-state index is 13.0. The molecule has 0 saturated carbocycles. The predicted molar refractivity (Wildman–Crippen MR) is 331 cm³/mol. The van der Waals surface area contributed by atoms with Crippen LogP contribution >= 0.6 is 15.6 Å². The number of hydrogen-bond donors (Lipinski definition) is 3. The van der Waals surface area contributed by atoms with E-state index in [4.69, 9.17) is 37.0 Å². The van der Waals surface area contributed by atoms with Crippen molar-refractivity contribution < 1.29 is 80.2 Å². The van der Waals surface area contributed by atoms with E-state index in [0.29, 0.717) is 31.6 Å². The SMILES string of the molecule is CCCCCCCCCCCCCCCCC(=O)O[C@H](COC(=O)CCCCCCCCCCCC(C)C)COP(=O)(O)OC[C@@H](O)COP(=O)(O)OC[C@@H](COC(=O)CCCCCCCCCC)OC(=O)CCCCCCCCC(C)C. The molecule has 0 saturated heterocycles. The fourth-order valence-electron chi connectivity index (χ4n) is 9.53. The minimum absolute atomic E-state index is 0.102. The van der Waals surface area contributed by atoms with Crippen LogP contribution in [-0.4, -0.2) is 96.7 Å². The molecule has 0 heterocycles. The van der Waals surface area contributed by atoms with Crippen LogP contribution in [0.4, 0.5) is 0 Å². The first-order chi connectivity index (χ1) is 39.9. The van der Waals surface area contributed by atoms with E-state index >= 15 is 0 Å². The summed E-state index contributed by atoms with van der Waals surface area (Å²) in [5.41, 5.74) is 0. The van der Waals surface area contributed by atoms with Gasteiger partial charge >= 0.3 is 39.5 Å². The molecule has 0 fully saturated rings. The van der Waals surface area contributed by atoms with Crippen molar-refractivity contribution in [2.24, 2.45) is 11.8 Å². The predicted octanol–water partition coefficient (Wildman–Crippen LogP) is 17.7. The Labute approximate surface area is 505 Å². The number of rotatable bonds is 63. The molecule has 0 aromatic carbocycles. The van der Waals surface area contributed by atoms with Crippen molar-refractivity contribution in [2.45, 2.75) is 336 Å². The summed E-state index contributed by atoms with van der Waals surface area (Å²) in [5.74, 6) is -0.725. The smallest absolute Gasteiger partial charge is 0.462 e. The third-order valence-corrected chi connectivity index (χ3v) is 16.6. The molecule has 2 unspecified atom stereocenters. The monoisotopic (exact) mass is 1230 g/mol. The van der Waals surface area contributed by atoms with Crippen LogP contribution in [-0.2, 0) is 65.4 Å². The average Bonchev–Trinajstić information content (AvgIpc) is 3.44. The Hall–Kier alpha value is -1.94. The molecule has 19 heteroatoms. The van der Waals surface area contributed by atoms with Crippen molar-refractivity contribution in [1.29, 1.82) is 0 Å². The third kappa shape index (κ3) is 58.8. The molecular formula is C64H124O17P2. The van der Waals surface area contributed by atoms with E-state index < -0.39 is 97.5 Å². The lowest BCUT2D eigenvalue weighted by Crippen LogP contribution is -2.30. The van der Waals surface area contributed by atoms with Crippen LogP contribution in [0.3, 0.4) is 0 Å². The van der Waals surface area contributed by atoms with Crippen molar-refractivity contribution in [3.8, 4) is 0 Å². The van der Waals surface area contributed by atoms with Gasteiger partial charge in [-0.2, -0.15) is 0 Å². The van der Waals surface area contributed by atoms with Crippen LogP contribution in [0.1, 0.15) is 318 Å². The van der Waals surface area contributed by atoms with E-state index in [2.05, 4.69) is 41.5 Å². The second-order valence-electron chi connectivity index (χ2n) is 24.1. The molecular weight excluding hydrogens is 1100 g/mol. The van der Waals surface area contributed by atoms with Gasteiger partial charge in [0.1, 0.15) is 19.3 Å². The number of carbonyl (C=O) groups excluding carboxylic acids is 4. The second-order valence-corrected chi connectivity index (χ2v) is 27.0. The number of aliphatic hydroxyl groups excluding tert-OH is 1. The van der Waals surface area contributed by atoms with Gasteiger partial charge in [-0.25, -0.2) is 9.13 Å². The Morgan fingerprint density at radius 2 is 0.554 bits per heavy atom. The number of aliphatic hydroxyl groups is 1. The molecule has 492 valence electrons. The molecule has 0 bridgehead atoms. The van der Waals surface area contributed by atoms with Gasteiger partial charge in [-0.05, 0) is 37.5 Å². The Morgan fingerprint density at radius 3 is 0.819 bits per heavy atom. The van der Waals surface area contributed by atoms with Gasteiger partial charge in [0.15, 0.2) is 12.2 Å². The van der Waals surface area contributed by atoms with Gasteiger partial charge in [0, 0.05) is 25.7 Å². The van der Waals surface area contributed by atoms with Gasteiger partial charge in [0.05, 0.1) is 26.4 Å². The lowest BCUT2D eigenvalue weighted by Gasteiger charge is -2.21. The van der Waals surface area contributed by atoms with Crippen LogP contribution < -0.4 is 0 Å². The van der Waals surface area contributed by atoms with Crippen LogP contribution in [0.5, 0.6) is 0 Å². The molecule has 0 radical (unpaired) electrons. The summed E-state index contributed by atoms with van der Waals surface area (Å²) in [7, 11) is -9.88. The van der Waals surface area contributed by atoms with Gasteiger partial charge in [0.25, 0.3) is 0 Å². The summed E-state index contributed by atoms with van der Waals surface area (Å²) in [5, 5.41) is 10.5. The highest BCUT2D eigenvalue weighted by Crippen LogP contribution is 2.45. The van der Waals surface area contributed by atoms with Crippen molar-refractivity contribution in [3.63, 3.8) is 0 Å². The standard InChI is InChI=1S/C64H124O17P2/c1-7-9-11-13-15-17-18-19-20-21-24-29-36-42-48-63(68)80-59(52-75-62(67)47-41-35-28-25-22-23-26-32-38-44-56(3)4)54-78-82(70,71)76-50-58(65)51-77-83(72,73)79-55-60(53-74-61(66)46-40-34-27-16-14-12-10-8-2)81-64(69)49-43-37-31-30-33-39-45-57(5)6/h56-60,65H,7-55H2,1-6H3,(H,70,71)(H,72,73)/t58-,59-,60-/m1/s1. The molecule has 83 heavy (non-hydrogen) atoms. The summed E-state index contributed by atoms with van der Waals surface area (Å²) < 4.78 is 67.9. The number of hydrogen-bond acceptors (Lipinski definition) is 15. The molecule has 0 amide bonds. The minimum Gasteiger partial charge on any atom is -0.462 e. The van der Waals surface area contributed by atoms with Gasteiger partial charge in [-0.1, -0.05) is 266 Å². The van der Waals surface area contributed by atoms with E-state index in [9.17, 15) is 43.2 Å². The fraction of sp³-hybridized carbons (Fsp3) is 0.938. The highest BCUT2D eigenvalue weighted by atomic mass is 31.2. The Kier molecular flexibility index (Phi) is 55.2. The highest BCUT2D eigenvalue weighted by molar-refractivity contribution is 7.47. The van der Waals surface area contributed by atoms with Crippen LogP contribution in [0.25, 0.3) is 0 Å². The third-order valence-electron chi connectivity index (χ3n) is 14.7. The lowest BCUT2D eigenvalue weighted by atomic mass is 10.0. The normalized spacial score (nSPS) is 14.3. The Bertz CT molecular complexity index is 1630. The largest absolute Gasteiger partial charge is 0.472 e. The van der Waals surface area contributed by atoms with E-state index in [1.54, 1.807) is 0 Å². The first-order valence-corrected chi connectivity index (χ1v) is 36.5. The number of carbonyl (C=O) groups is 4. The van der Waals surface area contributed by atoms with Crippen LogP contribution in [0.2, 0.25) is 0 Å². The zero-order valence-corrected chi connectivity index (χ0v) is 55.3. The summed E-state index contributed by atoms with van der Waals surface area (Å²) in [6.07, 6.45) is 39.1. The van der Waals surface area contributed by atoms with Crippen molar-refractivity contribution in [3.05, 3.63) is 0 Å². The lowest BCUT2D eigenvalue weighted by molar-refractivity contribution is -0.161. The van der Waals surface area contributed by atoms with Crippen molar-refractivity contribution >= 4 is 39.5 Å². The van der Waals surface area contributed by atoms with Gasteiger partial charge in [0.2, 0.25) is 0 Å². The van der Waals surface area contributed by atoms with E-state index in [0.717, 1.165) is 102 Å². The van der Waals surface area contributed by atoms with Gasteiger partial charge in [-0.3, -0.25) is 37.3 Å². The van der Waals surface area contributed by atoms with Gasteiger partial charge < -0.3 is 33.8 Å². The number of esters is 4. The second kappa shape index (κ2) is 56.6. The topological polar surface area (TPSA) is 237 Å². The molecule has 0 aromatic heterocycles. The molecule has 0 rings (SSSR count). The number of phosphoric acid groups is 2. The molecule has 0 aliphatic carbocycles. The summed E-state index contributed by atoms with van der Waals surface area (Å²) in [6, 6.07) is 0. The van der Waals surface area contributed by atoms with E-state index in [1.165, 1.54) is 128 Å². The fourth-order valence-corrected chi connectivity index (χ4v) is 11.1. The average molecular weight is 1230 g/mol. The molecule has 5 atom stereocenters. The van der Waals surface area contributed by atoms with Crippen molar-refractivity contribution in [1.82, 2.24) is 0 Å². The van der Waals surface area contributed by atoms with Gasteiger partial charge in [-0.15, -0.1) is 0 Å². The Morgan fingerprint density at radius 1 is 0.325 bits per heavy atom. The molecule has 3 N–H and O–H groups in total. The minimum atomic E-state index is -4.94. The number of unbranched alkanes of at least 4 members (excludes halogenated alkanes) is 33. The molecule has 0 aliphatic heterocycles. The summed E-state index contributed by atoms with van der Waals surface area (Å²) >= 11 is 0. The first kappa shape index (κ1) is 81.1. The van der Waals surface area contributed by atoms with Crippen molar-refractivity contribution in [2.75, 3.05) is 39.6 Å². The number of phosphoric ester groups is 2.